The van der Waals surface area contributed by atoms with Crippen molar-refractivity contribution in [1.29, 1.82) is 0 Å². The standard InChI is InChI=1S/C17H18BrNO2/c1-21-17(9-4-10-17)11-16(20)19-15-8-7-14(18)12-5-2-3-6-13(12)15/h2-3,5-8H,4,9-11H2,1H3,(H,19,20). The van der Waals surface area contributed by atoms with Crippen molar-refractivity contribution in [2.45, 2.75) is 31.3 Å². The van der Waals surface area contributed by atoms with Crippen LogP contribution in [0.5, 0.6) is 0 Å². The van der Waals surface area contributed by atoms with E-state index in [2.05, 4.69) is 21.2 Å². The molecule has 1 aliphatic carbocycles. The van der Waals surface area contributed by atoms with Crippen molar-refractivity contribution in [2.24, 2.45) is 0 Å². The van der Waals surface area contributed by atoms with E-state index in [9.17, 15) is 4.79 Å². The number of halogens is 1. The van der Waals surface area contributed by atoms with E-state index in [0.29, 0.717) is 6.42 Å². The van der Waals surface area contributed by atoms with Crippen LogP contribution in [0.2, 0.25) is 0 Å². The SMILES string of the molecule is COC1(CC(=O)Nc2ccc(Br)c3ccccc23)CCC1. The van der Waals surface area contributed by atoms with Crippen LogP contribution >= 0.6 is 15.9 Å². The van der Waals surface area contributed by atoms with Crippen LogP contribution < -0.4 is 5.32 Å². The number of ether oxygens (including phenoxy) is 1. The number of fused-ring (bicyclic) bond motifs is 1. The summed E-state index contributed by atoms with van der Waals surface area (Å²) >= 11 is 3.54. The van der Waals surface area contributed by atoms with Crippen LogP contribution in [0.4, 0.5) is 5.69 Å². The van der Waals surface area contributed by atoms with E-state index in [1.165, 1.54) is 0 Å². The fourth-order valence-electron chi connectivity index (χ4n) is 2.88. The lowest BCUT2D eigenvalue weighted by molar-refractivity contribution is -0.129. The third kappa shape index (κ3) is 2.83. The first-order valence-corrected chi connectivity index (χ1v) is 7.95. The van der Waals surface area contributed by atoms with Gasteiger partial charge in [-0.15, -0.1) is 0 Å². The van der Waals surface area contributed by atoms with Crippen molar-refractivity contribution in [2.75, 3.05) is 12.4 Å². The zero-order valence-corrected chi connectivity index (χ0v) is 13.6. The molecule has 4 heteroatoms. The van der Waals surface area contributed by atoms with Crippen molar-refractivity contribution >= 4 is 38.3 Å². The van der Waals surface area contributed by atoms with Crippen molar-refractivity contribution in [1.82, 2.24) is 0 Å². The minimum Gasteiger partial charge on any atom is -0.378 e. The summed E-state index contributed by atoms with van der Waals surface area (Å²) in [6, 6.07) is 11.9. The number of hydrogen-bond donors (Lipinski definition) is 1. The Bertz CT molecular complexity index is 674. The van der Waals surface area contributed by atoms with Crippen LogP contribution in [0.25, 0.3) is 10.8 Å². The lowest BCUT2D eigenvalue weighted by atomic mass is 9.77. The molecule has 0 saturated heterocycles. The monoisotopic (exact) mass is 347 g/mol. The topological polar surface area (TPSA) is 38.3 Å². The van der Waals surface area contributed by atoms with Gasteiger partial charge in [0.05, 0.1) is 12.0 Å². The van der Waals surface area contributed by atoms with Crippen LogP contribution in [-0.4, -0.2) is 18.6 Å². The number of amides is 1. The summed E-state index contributed by atoms with van der Waals surface area (Å²) < 4.78 is 6.55. The highest BCUT2D eigenvalue weighted by Gasteiger charge is 2.39. The van der Waals surface area contributed by atoms with Crippen molar-refractivity contribution in [3.63, 3.8) is 0 Å². The molecule has 0 bridgehead atoms. The molecule has 2 aromatic carbocycles. The van der Waals surface area contributed by atoms with Gasteiger partial charge in [-0.1, -0.05) is 40.2 Å². The fraction of sp³-hybridized carbons (Fsp3) is 0.353. The minimum absolute atomic E-state index is 0.0176. The maximum atomic E-state index is 12.3. The number of nitrogens with one attached hydrogen (secondary N) is 1. The molecule has 1 fully saturated rings. The zero-order chi connectivity index (χ0) is 14.9. The van der Waals surface area contributed by atoms with Gasteiger partial charge in [0, 0.05) is 22.7 Å². The second kappa shape index (κ2) is 5.78. The summed E-state index contributed by atoms with van der Waals surface area (Å²) in [5.74, 6) is 0.0176. The van der Waals surface area contributed by atoms with Crippen LogP contribution in [0.15, 0.2) is 40.9 Å². The predicted octanol–water partition coefficient (Wildman–Crippen LogP) is 4.50. The Balaban J connectivity index is 1.82. The van der Waals surface area contributed by atoms with Gasteiger partial charge >= 0.3 is 0 Å². The maximum Gasteiger partial charge on any atom is 0.227 e. The van der Waals surface area contributed by atoms with Crippen molar-refractivity contribution < 1.29 is 9.53 Å². The maximum absolute atomic E-state index is 12.3. The molecule has 0 aromatic heterocycles. The zero-order valence-electron chi connectivity index (χ0n) is 12.0. The molecule has 0 aliphatic heterocycles. The van der Waals surface area contributed by atoms with E-state index in [4.69, 9.17) is 4.74 Å². The van der Waals surface area contributed by atoms with Crippen LogP contribution in [0.1, 0.15) is 25.7 Å². The molecule has 0 heterocycles. The quantitative estimate of drug-likeness (QED) is 0.884. The molecule has 2 aromatic rings. The largest absolute Gasteiger partial charge is 0.378 e. The van der Waals surface area contributed by atoms with E-state index in [-0.39, 0.29) is 11.5 Å². The molecule has 1 saturated carbocycles. The molecule has 1 N–H and O–H groups in total. The van der Waals surface area contributed by atoms with Gasteiger partial charge in [0.25, 0.3) is 0 Å². The highest BCUT2D eigenvalue weighted by Crippen LogP contribution is 2.38. The normalized spacial score (nSPS) is 16.5. The number of carbonyl (C=O) groups is 1. The summed E-state index contributed by atoms with van der Waals surface area (Å²) in [4.78, 5) is 12.3. The predicted molar refractivity (Wildman–Crippen MR) is 88.5 cm³/mol. The van der Waals surface area contributed by atoms with E-state index < -0.39 is 0 Å². The number of hydrogen-bond acceptors (Lipinski definition) is 2. The Kier molecular flexibility index (Phi) is 4.00. The second-order valence-electron chi connectivity index (χ2n) is 5.61. The molecular formula is C17H18BrNO2. The molecule has 21 heavy (non-hydrogen) atoms. The average molecular weight is 348 g/mol. The Labute approximate surface area is 132 Å². The molecule has 0 atom stereocenters. The fourth-order valence-corrected chi connectivity index (χ4v) is 3.36. The number of rotatable bonds is 4. The minimum atomic E-state index is -0.241. The summed E-state index contributed by atoms with van der Waals surface area (Å²) in [6.45, 7) is 0. The first-order valence-electron chi connectivity index (χ1n) is 7.16. The molecule has 110 valence electrons. The molecule has 0 spiro atoms. The third-order valence-corrected chi connectivity index (χ3v) is 5.02. The van der Waals surface area contributed by atoms with E-state index >= 15 is 0 Å². The Hall–Kier alpha value is -1.39. The van der Waals surface area contributed by atoms with Crippen molar-refractivity contribution in [3.8, 4) is 0 Å². The van der Waals surface area contributed by atoms with Crippen LogP contribution in [0, 0.1) is 0 Å². The van der Waals surface area contributed by atoms with E-state index in [1.807, 2.05) is 36.4 Å². The van der Waals surface area contributed by atoms with Gasteiger partial charge in [0.15, 0.2) is 0 Å². The average Bonchev–Trinajstić information content (AvgIpc) is 2.46. The lowest BCUT2D eigenvalue weighted by Crippen LogP contribution is -2.42. The first-order chi connectivity index (χ1) is 10.1. The van der Waals surface area contributed by atoms with Gasteiger partial charge in [-0.05, 0) is 36.8 Å². The lowest BCUT2D eigenvalue weighted by Gasteiger charge is -2.39. The highest BCUT2D eigenvalue weighted by molar-refractivity contribution is 9.10. The van der Waals surface area contributed by atoms with Gasteiger partial charge in [-0.3, -0.25) is 4.79 Å². The summed E-state index contributed by atoms with van der Waals surface area (Å²) in [7, 11) is 1.70. The Morgan fingerprint density at radius 2 is 1.95 bits per heavy atom. The van der Waals surface area contributed by atoms with E-state index in [1.54, 1.807) is 7.11 Å². The molecule has 0 radical (unpaired) electrons. The summed E-state index contributed by atoms with van der Waals surface area (Å²) in [5.41, 5.74) is 0.610. The van der Waals surface area contributed by atoms with Crippen LogP contribution in [0.3, 0.4) is 0 Å². The molecule has 1 amide bonds. The van der Waals surface area contributed by atoms with Gasteiger partial charge < -0.3 is 10.1 Å². The smallest absolute Gasteiger partial charge is 0.227 e. The van der Waals surface area contributed by atoms with Crippen molar-refractivity contribution in [3.05, 3.63) is 40.9 Å². The van der Waals surface area contributed by atoms with Gasteiger partial charge in [-0.2, -0.15) is 0 Å². The Morgan fingerprint density at radius 1 is 1.24 bits per heavy atom. The third-order valence-electron chi connectivity index (χ3n) is 4.33. The van der Waals surface area contributed by atoms with Gasteiger partial charge in [-0.25, -0.2) is 0 Å². The van der Waals surface area contributed by atoms with Crippen LogP contribution in [-0.2, 0) is 9.53 Å². The molecule has 3 nitrogen and oxygen atoms in total. The summed E-state index contributed by atoms with van der Waals surface area (Å²) in [5, 5.41) is 5.17. The molecule has 3 rings (SSSR count). The highest BCUT2D eigenvalue weighted by atomic mass is 79.9. The van der Waals surface area contributed by atoms with Gasteiger partial charge in [0.1, 0.15) is 0 Å². The van der Waals surface area contributed by atoms with E-state index in [0.717, 1.165) is 40.2 Å². The molecule has 0 unspecified atom stereocenters. The first kappa shape index (κ1) is 14.5. The summed E-state index contributed by atoms with van der Waals surface area (Å²) in [6.07, 6.45) is 3.51. The number of methoxy groups -OCH3 is 1. The Morgan fingerprint density at radius 3 is 2.57 bits per heavy atom. The van der Waals surface area contributed by atoms with Gasteiger partial charge in [0.2, 0.25) is 5.91 Å². The molecular weight excluding hydrogens is 330 g/mol. The number of carbonyl (C=O) groups excluding carboxylic acids is 1. The number of benzene rings is 2. The molecule has 1 aliphatic rings. The number of anilines is 1. The second-order valence-corrected chi connectivity index (χ2v) is 6.46.